The Labute approximate surface area is 121 Å². The molecule has 1 aliphatic rings. The number of rotatable bonds is 1. The molecule has 21 heavy (non-hydrogen) atoms. The molecule has 5 heteroatoms. The molecular weight excluding hydrogens is 272 g/mol. The molecule has 5 nitrogen and oxygen atoms in total. The second-order valence-electron chi connectivity index (χ2n) is 5.41. The van der Waals surface area contributed by atoms with Crippen LogP contribution in [0.4, 0.5) is 0 Å². The van der Waals surface area contributed by atoms with Gasteiger partial charge in [0, 0.05) is 23.6 Å². The molecule has 2 atom stereocenters. The fraction of sp³-hybridized carbons (Fsp3) is 0.250. The van der Waals surface area contributed by atoms with Gasteiger partial charge in [0.25, 0.3) is 0 Å². The first kappa shape index (κ1) is 13.4. The Morgan fingerprint density at radius 1 is 0.952 bits per heavy atom. The monoisotopic (exact) mass is 288 g/mol. The van der Waals surface area contributed by atoms with Crippen molar-refractivity contribution in [3.05, 3.63) is 41.5 Å². The van der Waals surface area contributed by atoms with Gasteiger partial charge in [0.15, 0.2) is 11.5 Å². The van der Waals surface area contributed by atoms with E-state index in [1.807, 2.05) is 6.92 Å². The van der Waals surface area contributed by atoms with Gasteiger partial charge < -0.3 is 25.2 Å². The SMILES string of the molecule is C[C@H]1Cc2c(O)cc(O)cc2O[C@H]1c1ccc(O)c(O)c1. The van der Waals surface area contributed by atoms with Gasteiger partial charge in [-0.3, -0.25) is 0 Å². The largest absolute Gasteiger partial charge is 0.508 e. The fourth-order valence-corrected chi connectivity index (χ4v) is 2.72. The van der Waals surface area contributed by atoms with Crippen LogP contribution < -0.4 is 4.74 Å². The van der Waals surface area contributed by atoms with E-state index in [0.29, 0.717) is 17.7 Å². The van der Waals surface area contributed by atoms with Gasteiger partial charge in [-0.25, -0.2) is 0 Å². The van der Waals surface area contributed by atoms with E-state index in [9.17, 15) is 20.4 Å². The van der Waals surface area contributed by atoms with Crippen molar-refractivity contribution in [2.24, 2.45) is 5.92 Å². The summed E-state index contributed by atoms with van der Waals surface area (Å²) in [6.45, 7) is 1.98. The average Bonchev–Trinajstić information content (AvgIpc) is 2.42. The smallest absolute Gasteiger partial charge is 0.157 e. The van der Waals surface area contributed by atoms with Crippen LogP contribution in [0, 0.1) is 5.92 Å². The van der Waals surface area contributed by atoms with Crippen molar-refractivity contribution < 1.29 is 25.2 Å². The van der Waals surface area contributed by atoms with Crippen LogP contribution in [0.15, 0.2) is 30.3 Å². The van der Waals surface area contributed by atoms with E-state index < -0.39 is 0 Å². The minimum Gasteiger partial charge on any atom is -0.508 e. The highest BCUT2D eigenvalue weighted by atomic mass is 16.5. The Kier molecular flexibility index (Phi) is 3.05. The molecule has 1 aliphatic heterocycles. The molecule has 0 saturated heterocycles. The summed E-state index contributed by atoms with van der Waals surface area (Å²) in [6.07, 6.45) is 0.263. The van der Waals surface area contributed by atoms with Gasteiger partial charge in [0.2, 0.25) is 0 Å². The van der Waals surface area contributed by atoms with E-state index in [-0.39, 0.29) is 35.0 Å². The third-order valence-electron chi connectivity index (χ3n) is 3.80. The van der Waals surface area contributed by atoms with Crippen molar-refractivity contribution in [2.45, 2.75) is 19.4 Å². The van der Waals surface area contributed by atoms with Crippen LogP contribution in [0.5, 0.6) is 28.7 Å². The number of benzene rings is 2. The van der Waals surface area contributed by atoms with Crippen molar-refractivity contribution in [3.8, 4) is 28.7 Å². The van der Waals surface area contributed by atoms with E-state index in [0.717, 1.165) is 5.56 Å². The zero-order valence-electron chi connectivity index (χ0n) is 11.4. The second kappa shape index (κ2) is 4.77. The Bertz CT molecular complexity index is 695. The normalized spacial score (nSPS) is 20.6. The second-order valence-corrected chi connectivity index (χ2v) is 5.41. The molecule has 0 aromatic heterocycles. The van der Waals surface area contributed by atoms with E-state index in [2.05, 4.69) is 0 Å². The minimum atomic E-state index is -0.329. The molecular formula is C16H16O5. The lowest BCUT2D eigenvalue weighted by molar-refractivity contribution is 0.121. The maximum Gasteiger partial charge on any atom is 0.157 e. The van der Waals surface area contributed by atoms with Gasteiger partial charge in [-0.2, -0.15) is 0 Å². The van der Waals surface area contributed by atoms with Crippen LogP contribution in [0.2, 0.25) is 0 Å². The maximum absolute atomic E-state index is 9.88. The van der Waals surface area contributed by atoms with Crippen LogP contribution >= 0.6 is 0 Å². The Balaban J connectivity index is 2.00. The first-order chi connectivity index (χ1) is 9.95. The van der Waals surface area contributed by atoms with Gasteiger partial charge in [-0.1, -0.05) is 13.0 Å². The number of phenolic OH excluding ortho intramolecular Hbond substituents is 4. The number of fused-ring (bicyclic) bond motifs is 1. The molecule has 2 aromatic rings. The zero-order chi connectivity index (χ0) is 15.1. The summed E-state index contributed by atoms with van der Waals surface area (Å²) < 4.78 is 5.87. The molecule has 0 amide bonds. The summed E-state index contributed by atoms with van der Waals surface area (Å²) in [6, 6.07) is 7.32. The number of phenols is 4. The molecule has 3 rings (SSSR count). The minimum absolute atomic E-state index is 0.0175. The van der Waals surface area contributed by atoms with Crippen LogP contribution in [-0.4, -0.2) is 20.4 Å². The number of hydrogen-bond donors (Lipinski definition) is 4. The van der Waals surface area contributed by atoms with Crippen molar-refractivity contribution in [3.63, 3.8) is 0 Å². The maximum atomic E-state index is 9.88. The summed E-state index contributed by atoms with van der Waals surface area (Å²) in [5.41, 5.74) is 1.39. The summed E-state index contributed by atoms with van der Waals surface area (Å²) in [5, 5.41) is 38.4. The lowest BCUT2D eigenvalue weighted by Gasteiger charge is -2.32. The number of aromatic hydroxyl groups is 4. The highest BCUT2D eigenvalue weighted by Gasteiger charge is 2.30. The van der Waals surface area contributed by atoms with E-state index >= 15 is 0 Å². The van der Waals surface area contributed by atoms with Crippen LogP contribution in [0.25, 0.3) is 0 Å². The number of hydrogen-bond acceptors (Lipinski definition) is 5. The molecule has 0 unspecified atom stereocenters. The first-order valence-corrected chi connectivity index (χ1v) is 6.69. The quantitative estimate of drug-likeness (QED) is 0.606. The Morgan fingerprint density at radius 3 is 2.43 bits per heavy atom. The first-order valence-electron chi connectivity index (χ1n) is 6.69. The van der Waals surface area contributed by atoms with Crippen molar-refractivity contribution in [2.75, 3.05) is 0 Å². The van der Waals surface area contributed by atoms with Gasteiger partial charge >= 0.3 is 0 Å². The zero-order valence-corrected chi connectivity index (χ0v) is 11.4. The molecule has 2 aromatic carbocycles. The molecule has 0 fully saturated rings. The summed E-state index contributed by atoms with van der Waals surface area (Å²) in [5.74, 6) is 0.0720. The molecule has 1 heterocycles. The molecule has 0 bridgehead atoms. The van der Waals surface area contributed by atoms with Crippen molar-refractivity contribution in [1.82, 2.24) is 0 Å². The molecule has 0 aliphatic carbocycles. The topological polar surface area (TPSA) is 90.2 Å². The van der Waals surface area contributed by atoms with Crippen molar-refractivity contribution in [1.29, 1.82) is 0 Å². The number of ether oxygens (including phenoxy) is 1. The van der Waals surface area contributed by atoms with Crippen LogP contribution in [0.1, 0.15) is 24.2 Å². The van der Waals surface area contributed by atoms with E-state index in [1.54, 1.807) is 6.07 Å². The van der Waals surface area contributed by atoms with Crippen LogP contribution in [0.3, 0.4) is 0 Å². The van der Waals surface area contributed by atoms with Crippen LogP contribution in [-0.2, 0) is 6.42 Å². The lowest BCUT2D eigenvalue weighted by atomic mass is 9.87. The third kappa shape index (κ3) is 2.31. The third-order valence-corrected chi connectivity index (χ3v) is 3.80. The summed E-state index contributed by atoms with van der Waals surface area (Å²) in [4.78, 5) is 0. The molecule has 0 saturated carbocycles. The predicted molar refractivity (Wildman–Crippen MR) is 75.8 cm³/mol. The Morgan fingerprint density at radius 2 is 1.71 bits per heavy atom. The standard InChI is InChI=1S/C16H16O5/c1-8-4-11-13(19)6-10(17)7-15(11)21-16(8)9-2-3-12(18)14(20)5-9/h2-3,5-8,16-20H,4H2,1H3/t8-,16+/m0/s1. The van der Waals surface area contributed by atoms with Gasteiger partial charge in [-0.05, 0) is 24.1 Å². The Hall–Kier alpha value is -2.56. The highest BCUT2D eigenvalue weighted by molar-refractivity contribution is 5.51. The van der Waals surface area contributed by atoms with Gasteiger partial charge in [0.05, 0.1) is 0 Å². The van der Waals surface area contributed by atoms with Crippen molar-refractivity contribution >= 4 is 0 Å². The molecule has 0 radical (unpaired) electrons. The molecule has 0 spiro atoms. The van der Waals surface area contributed by atoms with Gasteiger partial charge in [0.1, 0.15) is 23.4 Å². The lowest BCUT2D eigenvalue weighted by Crippen LogP contribution is -2.23. The summed E-state index contributed by atoms with van der Waals surface area (Å²) >= 11 is 0. The molecule has 110 valence electrons. The molecule has 4 N–H and O–H groups in total. The average molecular weight is 288 g/mol. The van der Waals surface area contributed by atoms with Gasteiger partial charge in [-0.15, -0.1) is 0 Å². The summed E-state index contributed by atoms with van der Waals surface area (Å²) in [7, 11) is 0. The fourth-order valence-electron chi connectivity index (χ4n) is 2.72. The predicted octanol–water partition coefficient (Wildman–Crippen LogP) is 2.82. The highest BCUT2D eigenvalue weighted by Crippen LogP contribution is 2.44. The van der Waals surface area contributed by atoms with E-state index in [1.165, 1.54) is 24.3 Å². The van der Waals surface area contributed by atoms with E-state index in [4.69, 9.17) is 4.74 Å².